The number of aryl methyl sites for hydroxylation is 1. The summed E-state index contributed by atoms with van der Waals surface area (Å²) in [5, 5.41) is 16.8. The van der Waals surface area contributed by atoms with E-state index in [1.165, 1.54) is 4.88 Å². The number of hydrogen-bond acceptors (Lipinski definition) is 5. The molecule has 0 atom stereocenters. The van der Waals surface area contributed by atoms with Gasteiger partial charge in [-0.1, -0.05) is 12.1 Å². The van der Waals surface area contributed by atoms with Crippen LogP contribution in [0.15, 0.2) is 35.3 Å². The standard InChI is InChI=1S/C17H20N4OS.I2/c1-12-11-13-16(20-7-9-21(2,22)10-8-20)18-14-5-3-4-6-15(14)19-17(13)23-12;1-2/h3-6,11,19H,7-10H2,1-2H3;. The molecule has 1 fully saturated rings. The van der Waals surface area contributed by atoms with E-state index in [2.05, 4.69) is 66.5 Å². The molecule has 2 aliphatic heterocycles. The number of rotatable bonds is 0. The van der Waals surface area contributed by atoms with Crippen LogP contribution in [0.1, 0.15) is 10.4 Å². The molecule has 1 aromatic carbocycles. The molecular weight excluding hydrogens is 562 g/mol. The molecule has 1 saturated heterocycles. The number of benzene rings is 1. The molecular formula is C17H20I2N4OS. The fourth-order valence-electron chi connectivity index (χ4n) is 3.09. The van der Waals surface area contributed by atoms with Gasteiger partial charge >= 0.3 is 0 Å². The number of amidine groups is 1. The number of fused-ring (bicyclic) bond motifs is 2. The Bertz CT molecular complexity index is 781. The molecule has 2 aromatic rings. The Labute approximate surface area is 175 Å². The van der Waals surface area contributed by atoms with E-state index in [4.69, 9.17) is 4.99 Å². The molecule has 0 amide bonds. The molecule has 3 heterocycles. The molecule has 0 saturated carbocycles. The minimum atomic E-state index is -0.159. The number of hydroxylamine groups is 3. The molecule has 0 aliphatic carbocycles. The van der Waals surface area contributed by atoms with Gasteiger partial charge in [0, 0.05) is 42.1 Å². The van der Waals surface area contributed by atoms with Crippen LogP contribution >= 0.6 is 48.6 Å². The summed E-state index contributed by atoms with van der Waals surface area (Å²) in [5.41, 5.74) is 3.13. The lowest BCUT2D eigenvalue weighted by atomic mass is 10.2. The van der Waals surface area contributed by atoms with E-state index in [0.717, 1.165) is 40.9 Å². The molecule has 2 aliphatic rings. The van der Waals surface area contributed by atoms with Gasteiger partial charge < -0.3 is 20.1 Å². The first-order valence-electron chi connectivity index (χ1n) is 8.02. The molecule has 8 heteroatoms. The number of hydrogen-bond donors (Lipinski definition) is 1. The van der Waals surface area contributed by atoms with Crippen LogP contribution in [-0.4, -0.2) is 48.6 Å². The van der Waals surface area contributed by atoms with Crippen molar-refractivity contribution in [2.75, 3.05) is 38.5 Å². The van der Waals surface area contributed by atoms with E-state index in [1.54, 1.807) is 18.4 Å². The van der Waals surface area contributed by atoms with Crippen molar-refractivity contribution in [1.82, 2.24) is 4.90 Å². The number of anilines is 2. The lowest BCUT2D eigenvalue weighted by Gasteiger charge is -2.45. The number of para-hydroxylation sites is 2. The average molecular weight is 582 g/mol. The van der Waals surface area contributed by atoms with Crippen LogP contribution in [0.3, 0.4) is 0 Å². The van der Waals surface area contributed by atoms with Gasteiger partial charge in [-0.25, -0.2) is 4.99 Å². The highest BCUT2D eigenvalue weighted by Crippen LogP contribution is 2.39. The smallest absolute Gasteiger partial charge is 0.140 e. The maximum Gasteiger partial charge on any atom is 0.140 e. The molecule has 134 valence electrons. The summed E-state index contributed by atoms with van der Waals surface area (Å²) in [6.45, 7) is 4.82. The zero-order valence-corrected chi connectivity index (χ0v) is 19.3. The summed E-state index contributed by atoms with van der Waals surface area (Å²) < 4.78 is -0.159. The van der Waals surface area contributed by atoms with Gasteiger partial charge in [-0.2, -0.15) is 0 Å². The third-order valence-electron chi connectivity index (χ3n) is 4.46. The van der Waals surface area contributed by atoms with Gasteiger partial charge in [0.15, 0.2) is 0 Å². The van der Waals surface area contributed by atoms with E-state index in [-0.39, 0.29) is 4.65 Å². The fraction of sp³-hybridized carbons (Fsp3) is 0.353. The maximum atomic E-state index is 12.1. The largest absolute Gasteiger partial charge is 0.633 e. The maximum absolute atomic E-state index is 12.1. The Balaban J connectivity index is 0.000000880. The van der Waals surface area contributed by atoms with E-state index in [9.17, 15) is 5.21 Å². The molecule has 0 radical (unpaired) electrons. The summed E-state index contributed by atoms with van der Waals surface area (Å²) in [7, 11) is 1.75. The number of halogens is 2. The molecule has 0 spiro atoms. The molecule has 0 unspecified atom stereocenters. The molecule has 25 heavy (non-hydrogen) atoms. The Kier molecular flexibility index (Phi) is 6.24. The first-order valence-corrected chi connectivity index (χ1v) is 15.1. The second-order valence-electron chi connectivity index (χ2n) is 6.41. The van der Waals surface area contributed by atoms with Gasteiger partial charge in [-0.05, 0) is 25.1 Å². The number of nitrogens with one attached hydrogen (secondary N) is 1. The zero-order chi connectivity index (χ0) is 18.0. The summed E-state index contributed by atoms with van der Waals surface area (Å²) in [4.78, 5) is 8.46. The van der Waals surface area contributed by atoms with E-state index in [1.807, 2.05) is 18.2 Å². The summed E-state index contributed by atoms with van der Waals surface area (Å²) in [6, 6.07) is 10.3. The minimum Gasteiger partial charge on any atom is -0.633 e. The number of thiophene rings is 1. The van der Waals surface area contributed by atoms with E-state index in [0.29, 0.717) is 13.1 Å². The third-order valence-corrected chi connectivity index (χ3v) is 5.43. The summed E-state index contributed by atoms with van der Waals surface area (Å²) >= 11 is 5.99. The van der Waals surface area contributed by atoms with E-state index >= 15 is 0 Å². The Morgan fingerprint density at radius 2 is 1.92 bits per heavy atom. The van der Waals surface area contributed by atoms with Gasteiger partial charge in [-0.3, -0.25) is 0 Å². The van der Waals surface area contributed by atoms with Crippen molar-refractivity contribution in [1.29, 1.82) is 0 Å². The van der Waals surface area contributed by atoms with Gasteiger partial charge in [0.2, 0.25) is 0 Å². The normalized spacial score (nSPS) is 18.0. The third kappa shape index (κ3) is 4.29. The van der Waals surface area contributed by atoms with Gasteiger partial charge in [0.05, 0.1) is 50.2 Å². The molecule has 4 rings (SSSR count). The van der Waals surface area contributed by atoms with Crippen LogP contribution in [0.25, 0.3) is 0 Å². The highest BCUT2D eigenvalue weighted by atomic mass is 128. The van der Waals surface area contributed by atoms with Crippen LogP contribution < -0.4 is 5.32 Å². The Morgan fingerprint density at radius 3 is 2.64 bits per heavy atom. The monoisotopic (exact) mass is 582 g/mol. The predicted octanol–water partition coefficient (Wildman–Crippen LogP) is 5.22. The van der Waals surface area contributed by atoms with Crippen LogP contribution in [0.4, 0.5) is 16.4 Å². The highest BCUT2D eigenvalue weighted by Gasteiger charge is 2.28. The van der Waals surface area contributed by atoms with Crippen LogP contribution in [-0.2, 0) is 0 Å². The van der Waals surface area contributed by atoms with Crippen molar-refractivity contribution in [3.8, 4) is 0 Å². The lowest BCUT2D eigenvalue weighted by molar-refractivity contribution is -0.864. The summed E-state index contributed by atoms with van der Waals surface area (Å²) in [5.74, 6) is 0.988. The number of quaternary nitrogens is 1. The quantitative estimate of drug-likeness (QED) is 0.264. The molecule has 0 bridgehead atoms. The lowest BCUT2D eigenvalue weighted by Crippen LogP contribution is -2.55. The second kappa shape index (κ2) is 8.07. The van der Waals surface area contributed by atoms with Crippen LogP contribution in [0, 0.1) is 12.1 Å². The van der Waals surface area contributed by atoms with Crippen molar-refractivity contribution in [3.63, 3.8) is 0 Å². The topological polar surface area (TPSA) is 50.7 Å². The van der Waals surface area contributed by atoms with Crippen LogP contribution in [0.2, 0.25) is 0 Å². The van der Waals surface area contributed by atoms with Crippen molar-refractivity contribution >= 4 is 70.8 Å². The van der Waals surface area contributed by atoms with Crippen molar-refractivity contribution in [2.45, 2.75) is 6.92 Å². The molecule has 1 N–H and O–H groups in total. The minimum absolute atomic E-state index is 0.159. The summed E-state index contributed by atoms with van der Waals surface area (Å²) in [6.07, 6.45) is 0. The van der Waals surface area contributed by atoms with Gasteiger partial charge in [0.25, 0.3) is 0 Å². The first-order chi connectivity index (χ1) is 12.0. The van der Waals surface area contributed by atoms with Gasteiger partial charge in [0.1, 0.15) is 10.8 Å². The number of likely N-dealkylation sites (N-methyl/N-ethyl adjacent to an activating group) is 1. The average Bonchev–Trinajstić information content (AvgIpc) is 2.89. The second-order valence-corrected chi connectivity index (χ2v) is 7.66. The molecule has 5 nitrogen and oxygen atoms in total. The number of nitrogens with zero attached hydrogens (tertiary/aromatic N) is 3. The van der Waals surface area contributed by atoms with Crippen molar-refractivity contribution < 1.29 is 4.65 Å². The number of piperazine rings is 1. The van der Waals surface area contributed by atoms with Crippen LogP contribution in [0.5, 0.6) is 0 Å². The first kappa shape index (κ1) is 19.3. The molecule has 1 aromatic heterocycles. The van der Waals surface area contributed by atoms with Crippen molar-refractivity contribution in [2.24, 2.45) is 4.99 Å². The fourth-order valence-corrected chi connectivity index (χ4v) is 4.01. The van der Waals surface area contributed by atoms with E-state index < -0.39 is 0 Å². The Hall–Kier alpha value is -0.430. The highest BCUT2D eigenvalue weighted by molar-refractivity contribution is 15.0. The van der Waals surface area contributed by atoms with Gasteiger partial charge in [-0.15, -0.1) is 11.3 Å². The Morgan fingerprint density at radius 1 is 1.24 bits per heavy atom. The number of aliphatic imine (C=N–C) groups is 1. The SMILES string of the molecule is Cc1cc2c(s1)Nc1ccccc1N=C2N1CC[N+](C)([O-])CC1.II. The van der Waals surface area contributed by atoms with Crippen molar-refractivity contribution in [3.05, 3.63) is 46.0 Å². The zero-order valence-electron chi connectivity index (χ0n) is 14.1. The predicted molar refractivity (Wildman–Crippen MR) is 124 cm³/mol.